The predicted octanol–water partition coefficient (Wildman–Crippen LogP) is 2.30. The normalized spacial score (nSPS) is 11.0. The lowest BCUT2D eigenvalue weighted by molar-refractivity contribution is -0.121. The van der Waals surface area contributed by atoms with E-state index >= 15 is 0 Å². The van der Waals surface area contributed by atoms with Crippen molar-refractivity contribution in [2.45, 2.75) is 13.0 Å². The van der Waals surface area contributed by atoms with Gasteiger partial charge in [0.25, 0.3) is 0 Å². The first-order valence-electron chi connectivity index (χ1n) is 8.76. The Morgan fingerprint density at radius 1 is 1.04 bits per heavy atom. The van der Waals surface area contributed by atoms with Gasteiger partial charge < -0.3 is 5.32 Å². The Balaban J connectivity index is 1.43. The molecular formula is C21H18N4O2. The summed E-state index contributed by atoms with van der Waals surface area (Å²) in [7, 11) is 0. The summed E-state index contributed by atoms with van der Waals surface area (Å²) in [6, 6.07) is 17.1. The number of rotatable bonds is 5. The minimum Gasteiger partial charge on any atom is -0.354 e. The number of hydrogen-bond donors (Lipinski definition) is 1. The number of hydrogen-bond acceptors (Lipinski definition) is 4. The zero-order valence-electron chi connectivity index (χ0n) is 14.6. The SMILES string of the molecule is O=C(Cn1ncc(=O)c2ccccc21)NCCc1cccc2cccnc12. The van der Waals surface area contributed by atoms with E-state index in [4.69, 9.17) is 0 Å². The van der Waals surface area contributed by atoms with Gasteiger partial charge in [-0.1, -0.05) is 36.4 Å². The smallest absolute Gasteiger partial charge is 0.241 e. The second-order valence-electron chi connectivity index (χ2n) is 6.28. The molecule has 6 nitrogen and oxygen atoms in total. The van der Waals surface area contributed by atoms with Gasteiger partial charge in [-0.25, -0.2) is 0 Å². The van der Waals surface area contributed by atoms with Gasteiger partial charge in [0, 0.05) is 23.5 Å². The van der Waals surface area contributed by atoms with Crippen LogP contribution in [0.4, 0.5) is 0 Å². The van der Waals surface area contributed by atoms with Crippen molar-refractivity contribution in [2.75, 3.05) is 6.54 Å². The molecule has 0 spiro atoms. The minimum absolute atomic E-state index is 0.0641. The molecule has 0 unspecified atom stereocenters. The van der Waals surface area contributed by atoms with Gasteiger partial charge in [-0.15, -0.1) is 0 Å². The van der Waals surface area contributed by atoms with Crippen LogP contribution in [0.5, 0.6) is 0 Å². The lowest BCUT2D eigenvalue weighted by atomic mass is 10.1. The van der Waals surface area contributed by atoms with Gasteiger partial charge in [0.2, 0.25) is 11.3 Å². The zero-order chi connectivity index (χ0) is 18.6. The van der Waals surface area contributed by atoms with Crippen molar-refractivity contribution < 1.29 is 4.79 Å². The van der Waals surface area contributed by atoms with E-state index in [2.05, 4.69) is 15.4 Å². The third-order valence-electron chi connectivity index (χ3n) is 4.49. The average Bonchev–Trinajstić information content (AvgIpc) is 2.70. The highest BCUT2D eigenvalue weighted by Crippen LogP contribution is 2.16. The van der Waals surface area contributed by atoms with Crippen molar-refractivity contribution in [2.24, 2.45) is 0 Å². The number of para-hydroxylation sites is 2. The van der Waals surface area contributed by atoms with Gasteiger partial charge >= 0.3 is 0 Å². The van der Waals surface area contributed by atoms with E-state index in [1.165, 1.54) is 6.20 Å². The van der Waals surface area contributed by atoms with Crippen molar-refractivity contribution in [3.05, 3.63) is 82.8 Å². The van der Waals surface area contributed by atoms with Crippen molar-refractivity contribution in [3.63, 3.8) is 0 Å². The summed E-state index contributed by atoms with van der Waals surface area (Å²) < 4.78 is 1.55. The predicted molar refractivity (Wildman–Crippen MR) is 104 cm³/mol. The number of carbonyl (C=O) groups excluding carboxylic acids is 1. The maximum absolute atomic E-state index is 12.3. The molecule has 0 fully saturated rings. The maximum atomic E-state index is 12.3. The fourth-order valence-corrected chi connectivity index (χ4v) is 3.18. The summed E-state index contributed by atoms with van der Waals surface area (Å²) in [6.07, 6.45) is 3.72. The molecule has 0 aliphatic heterocycles. The lowest BCUT2D eigenvalue weighted by Crippen LogP contribution is -2.30. The van der Waals surface area contributed by atoms with Crippen LogP contribution in [0.3, 0.4) is 0 Å². The van der Waals surface area contributed by atoms with E-state index < -0.39 is 0 Å². The Hall–Kier alpha value is -3.54. The summed E-state index contributed by atoms with van der Waals surface area (Å²) in [5, 5.41) is 8.65. The van der Waals surface area contributed by atoms with Crippen LogP contribution in [0, 0.1) is 0 Å². The number of benzene rings is 2. The Labute approximate surface area is 155 Å². The Bertz CT molecular complexity index is 1180. The molecule has 4 rings (SSSR count). The monoisotopic (exact) mass is 358 g/mol. The topological polar surface area (TPSA) is 76.9 Å². The molecule has 1 amide bonds. The van der Waals surface area contributed by atoms with Crippen molar-refractivity contribution in [3.8, 4) is 0 Å². The van der Waals surface area contributed by atoms with E-state index in [0.717, 1.165) is 16.5 Å². The summed E-state index contributed by atoms with van der Waals surface area (Å²) >= 11 is 0. The highest BCUT2D eigenvalue weighted by atomic mass is 16.2. The van der Waals surface area contributed by atoms with Crippen LogP contribution in [0.2, 0.25) is 0 Å². The van der Waals surface area contributed by atoms with Crippen LogP contribution >= 0.6 is 0 Å². The molecule has 2 heterocycles. The molecule has 0 saturated heterocycles. The second-order valence-corrected chi connectivity index (χ2v) is 6.28. The largest absolute Gasteiger partial charge is 0.354 e. The van der Waals surface area contributed by atoms with Crippen molar-refractivity contribution in [1.29, 1.82) is 0 Å². The second kappa shape index (κ2) is 7.37. The molecule has 0 atom stereocenters. The van der Waals surface area contributed by atoms with Crippen molar-refractivity contribution >= 4 is 27.7 Å². The first-order chi connectivity index (χ1) is 13.2. The van der Waals surface area contributed by atoms with Gasteiger partial charge in [0.15, 0.2) is 0 Å². The van der Waals surface area contributed by atoms with Crippen molar-refractivity contribution in [1.82, 2.24) is 20.1 Å². The average molecular weight is 358 g/mol. The molecule has 4 aromatic rings. The fraction of sp³-hybridized carbons (Fsp3) is 0.143. The molecule has 2 aromatic heterocycles. The number of nitrogens with one attached hydrogen (secondary N) is 1. The molecule has 0 radical (unpaired) electrons. The molecular weight excluding hydrogens is 340 g/mol. The first-order valence-corrected chi connectivity index (χ1v) is 8.76. The summed E-state index contributed by atoms with van der Waals surface area (Å²) in [5.41, 5.74) is 2.56. The number of fused-ring (bicyclic) bond motifs is 2. The molecule has 1 N–H and O–H groups in total. The van der Waals surface area contributed by atoms with Crippen LogP contribution in [-0.4, -0.2) is 27.2 Å². The highest BCUT2D eigenvalue weighted by Gasteiger charge is 2.08. The third kappa shape index (κ3) is 3.55. The number of amides is 1. The van der Waals surface area contributed by atoms with E-state index in [0.29, 0.717) is 23.9 Å². The lowest BCUT2D eigenvalue weighted by Gasteiger charge is -2.10. The summed E-state index contributed by atoms with van der Waals surface area (Å²) in [6.45, 7) is 0.571. The maximum Gasteiger partial charge on any atom is 0.241 e. The Morgan fingerprint density at radius 2 is 1.89 bits per heavy atom. The van der Waals surface area contributed by atoms with E-state index in [-0.39, 0.29) is 17.9 Å². The number of nitrogens with zero attached hydrogens (tertiary/aromatic N) is 3. The molecule has 134 valence electrons. The molecule has 0 bridgehead atoms. The van der Waals surface area contributed by atoms with E-state index in [9.17, 15) is 9.59 Å². The first kappa shape index (κ1) is 16.9. The van der Waals surface area contributed by atoms with E-state index in [1.807, 2.05) is 36.4 Å². The quantitative estimate of drug-likeness (QED) is 0.594. The Kier molecular flexibility index (Phi) is 4.61. The molecule has 0 aliphatic carbocycles. The fourth-order valence-electron chi connectivity index (χ4n) is 3.18. The molecule has 0 aliphatic rings. The van der Waals surface area contributed by atoms with Gasteiger partial charge in [0.1, 0.15) is 6.54 Å². The van der Waals surface area contributed by atoms with Crippen LogP contribution in [0.15, 0.2) is 71.8 Å². The highest BCUT2D eigenvalue weighted by molar-refractivity contribution is 5.82. The van der Waals surface area contributed by atoms with Gasteiger partial charge in [0.05, 0.1) is 17.2 Å². The number of carbonyl (C=O) groups is 1. The van der Waals surface area contributed by atoms with Gasteiger partial charge in [-0.05, 0) is 30.2 Å². The van der Waals surface area contributed by atoms with E-state index in [1.54, 1.807) is 29.1 Å². The minimum atomic E-state index is -0.149. The number of aromatic nitrogens is 3. The molecule has 27 heavy (non-hydrogen) atoms. The van der Waals surface area contributed by atoms with Crippen LogP contribution in [0.1, 0.15) is 5.56 Å². The molecule has 6 heteroatoms. The molecule has 0 saturated carbocycles. The Morgan fingerprint density at radius 3 is 2.81 bits per heavy atom. The number of pyridine rings is 1. The zero-order valence-corrected chi connectivity index (χ0v) is 14.6. The van der Waals surface area contributed by atoms with Gasteiger partial charge in [-0.3, -0.25) is 19.3 Å². The van der Waals surface area contributed by atoms with Gasteiger partial charge in [-0.2, -0.15) is 5.10 Å². The third-order valence-corrected chi connectivity index (χ3v) is 4.49. The van der Waals surface area contributed by atoms with Crippen LogP contribution in [0.25, 0.3) is 21.8 Å². The molecule has 2 aromatic carbocycles. The van der Waals surface area contributed by atoms with Crippen LogP contribution < -0.4 is 10.7 Å². The standard InChI is InChI=1S/C21H18N4O2/c26-19-13-24-25(18-9-2-1-8-17(18)19)14-20(27)22-12-10-16-6-3-5-15-7-4-11-23-21(15)16/h1-9,11,13H,10,12,14H2,(H,22,27). The summed E-state index contributed by atoms with van der Waals surface area (Å²) in [4.78, 5) is 28.6. The van der Waals surface area contributed by atoms with Crippen LogP contribution in [-0.2, 0) is 17.8 Å². The summed E-state index contributed by atoms with van der Waals surface area (Å²) in [5.74, 6) is -0.149.